The number of allylic oxidation sites excluding steroid dienone is 1. The molecule has 0 aliphatic carbocycles. The molecule has 110 valence electrons. The summed E-state index contributed by atoms with van der Waals surface area (Å²) in [6.07, 6.45) is 10.5. The molecule has 0 saturated carbocycles. The zero-order valence-corrected chi connectivity index (χ0v) is 12.5. The quantitative estimate of drug-likeness (QED) is 0.605. The number of unbranched alkanes of at least 4 members (excludes halogenated alkanes) is 1. The third-order valence-electron chi connectivity index (χ3n) is 3.57. The minimum atomic E-state index is -0.353. The van der Waals surface area contributed by atoms with E-state index in [9.17, 15) is 5.11 Å². The largest absolute Gasteiger partial charge is 0.389 e. The maximum atomic E-state index is 9.22. The van der Waals surface area contributed by atoms with Crippen molar-refractivity contribution < 1.29 is 5.11 Å². The average Bonchev–Trinajstić information content (AvgIpc) is 2.52. The first-order valence-electron chi connectivity index (χ1n) is 7.57. The molecule has 0 saturated heterocycles. The molecule has 2 rings (SSSR count). The molecule has 2 aromatic rings. The van der Waals surface area contributed by atoms with Gasteiger partial charge in [0.15, 0.2) is 0 Å². The van der Waals surface area contributed by atoms with Crippen molar-refractivity contribution >= 4 is 0 Å². The number of aromatic nitrogens is 1. The summed E-state index contributed by atoms with van der Waals surface area (Å²) >= 11 is 0. The summed E-state index contributed by atoms with van der Waals surface area (Å²) in [4.78, 5) is 4.25. The van der Waals surface area contributed by atoms with Crippen LogP contribution in [0.1, 0.15) is 43.2 Å². The lowest BCUT2D eigenvalue weighted by molar-refractivity contribution is 0.244. The monoisotopic (exact) mass is 281 g/mol. The molecule has 1 aromatic heterocycles. The fraction of sp³-hybridized carbons (Fsp3) is 0.316. The van der Waals surface area contributed by atoms with Gasteiger partial charge in [-0.3, -0.25) is 4.98 Å². The zero-order valence-electron chi connectivity index (χ0n) is 12.5. The minimum absolute atomic E-state index is 0.353. The van der Waals surface area contributed by atoms with E-state index in [1.54, 1.807) is 6.92 Å². The Morgan fingerprint density at radius 1 is 1.10 bits per heavy atom. The molecule has 0 fully saturated rings. The molecule has 0 aliphatic rings. The van der Waals surface area contributed by atoms with E-state index in [0.717, 1.165) is 19.3 Å². The van der Waals surface area contributed by atoms with Crippen LogP contribution in [0.2, 0.25) is 0 Å². The highest BCUT2D eigenvalue weighted by Crippen LogP contribution is 2.29. The Morgan fingerprint density at radius 2 is 1.86 bits per heavy atom. The van der Waals surface area contributed by atoms with Crippen LogP contribution in [0, 0.1) is 0 Å². The van der Waals surface area contributed by atoms with Crippen molar-refractivity contribution in [2.45, 2.75) is 38.2 Å². The Kier molecular flexibility index (Phi) is 6.17. The number of aliphatic hydroxyl groups excluding tert-OH is 1. The maximum Gasteiger partial charge on any atom is 0.0692 e. The predicted octanol–water partition coefficient (Wildman–Crippen LogP) is 4.32. The zero-order chi connectivity index (χ0) is 14.9. The van der Waals surface area contributed by atoms with Gasteiger partial charge in [-0.1, -0.05) is 48.6 Å². The van der Waals surface area contributed by atoms with Crippen LogP contribution in [0.3, 0.4) is 0 Å². The van der Waals surface area contributed by atoms with Crippen molar-refractivity contribution in [3.8, 4) is 0 Å². The maximum absolute atomic E-state index is 9.22. The average molecular weight is 281 g/mol. The summed E-state index contributed by atoms with van der Waals surface area (Å²) in [5.41, 5.74) is 2.60. The van der Waals surface area contributed by atoms with Crippen molar-refractivity contribution in [1.29, 1.82) is 0 Å². The van der Waals surface area contributed by atoms with Gasteiger partial charge in [-0.15, -0.1) is 0 Å². The van der Waals surface area contributed by atoms with Crippen molar-refractivity contribution in [3.63, 3.8) is 0 Å². The second kappa shape index (κ2) is 8.38. The van der Waals surface area contributed by atoms with Gasteiger partial charge >= 0.3 is 0 Å². The second-order valence-electron chi connectivity index (χ2n) is 5.35. The Morgan fingerprint density at radius 3 is 2.52 bits per heavy atom. The van der Waals surface area contributed by atoms with E-state index >= 15 is 0 Å². The number of aliphatic hydroxyl groups is 1. The fourth-order valence-electron chi connectivity index (χ4n) is 2.53. The van der Waals surface area contributed by atoms with E-state index in [2.05, 4.69) is 47.5 Å². The summed E-state index contributed by atoms with van der Waals surface area (Å²) in [6, 6.07) is 14.7. The van der Waals surface area contributed by atoms with Crippen LogP contribution in [0.15, 0.2) is 67.0 Å². The summed E-state index contributed by atoms with van der Waals surface area (Å²) < 4.78 is 0. The number of rotatable bonds is 7. The lowest BCUT2D eigenvalue weighted by Gasteiger charge is -2.17. The molecular formula is C19H23NO. The van der Waals surface area contributed by atoms with E-state index < -0.39 is 0 Å². The highest BCUT2D eigenvalue weighted by atomic mass is 16.3. The fourth-order valence-corrected chi connectivity index (χ4v) is 2.53. The molecule has 21 heavy (non-hydrogen) atoms. The first-order chi connectivity index (χ1) is 10.3. The van der Waals surface area contributed by atoms with Gasteiger partial charge < -0.3 is 5.11 Å². The van der Waals surface area contributed by atoms with Crippen molar-refractivity contribution in [3.05, 3.63) is 78.1 Å². The van der Waals surface area contributed by atoms with Crippen molar-refractivity contribution in [2.75, 3.05) is 0 Å². The Bertz CT molecular complexity index is 495. The molecular weight excluding hydrogens is 258 g/mol. The molecule has 0 spiro atoms. The predicted molar refractivity (Wildman–Crippen MR) is 87.2 cm³/mol. The van der Waals surface area contributed by atoms with Crippen molar-refractivity contribution in [1.82, 2.24) is 4.98 Å². The van der Waals surface area contributed by atoms with Gasteiger partial charge in [-0.25, -0.2) is 0 Å². The van der Waals surface area contributed by atoms with Crippen molar-refractivity contribution in [2.24, 2.45) is 0 Å². The number of hydrogen-bond donors (Lipinski definition) is 1. The van der Waals surface area contributed by atoms with Crippen LogP contribution in [0.25, 0.3) is 0 Å². The van der Waals surface area contributed by atoms with Crippen LogP contribution in [-0.2, 0) is 0 Å². The number of benzene rings is 1. The summed E-state index contributed by atoms with van der Waals surface area (Å²) in [5, 5.41) is 9.22. The highest BCUT2D eigenvalue weighted by molar-refractivity contribution is 5.30. The molecule has 0 bridgehead atoms. The summed E-state index contributed by atoms with van der Waals surface area (Å²) in [7, 11) is 0. The highest BCUT2D eigenvalue weighted by Gasteiger charge is 2.13. The van der Waals surface area contributed by atoms with E-state index in [0.29, 0.717) is 5.92 Å². The molecule has 0 amide bonds. The molecule has 2 heteroatoms. The smallest absolute Gasteiger partial charge is 0.0692 e. The van der Waals surface area contributed by atoms with Gasteiger partial charge in [0.2, 0.25) is 0 Å². The molecule has 0 radical (unpaired) electrons. The Labute approximate surface area is 127 Å². The summed E-state index contributed by atoms with van der Waals surface area (Å²) in [5.74, 6) is 0.389. The van der Waals surface area contributed by atoms with E-state index in [-0.39, 0.29) is 6.10 Å². The number of nitrogens with zero attached hydrogens (tertiary/aromatic N) is 1. The standard InChI is InChI=1S/C19H23NO/c1-16(21)9-4-2-7-13-19(17-10-5-3-6-11-17)18-12-8-14-20-15-18/h3-6,8-12,14-16,19,21H,2,7,13H2,1H3. The minimum Gasteiger partial charge on any atom is -0.389 e. The van der Waals surface area contributed by atoms with Gasteiger partial charge in [0.25, 0.3) is 0 Å². The topological polar surface area (TPSA) is 33.1 Å². The number of hydrogen-bond acceptors (Lipinski definition) is 2. The van der Waals surface area contributed by atoms with Gasteiger partial charge in [0, 0.05) is 18.3 Å². The molecule has 1 N–H and O–H groups in total. The van der Waals surface area contributed by atoms with Crippen LogP contribution < -0.4 is 0 Å². The molecule has 2 nitrogen and oxygen atoms in total. The Balaban J connectivity index is 2.04. The molecule has 2 atom stereocenters. The van der Waals surface area contributed by atoms with E-state index in [1.165, 1.54) is 11.1 Å². The van der Waals surface area contributed by atoms with Crippen LogP contribution >= 0.6 is 0 Å². The van der Waals surface area contributed by atoms with Crippen LogP contribution in [0.4, 0.5) is 0 Å². The first kappa shape index (κ1) is 15.5. The first-order valence-corrected chi connectivity index (χ1v) is 7.57. The van der Waals surface area contributed by atoms with Gasteiger partial charge in [-0.2, -0.15) is 0 Å². The SMILES string of the molecule is CC(O)C=CCCCC(c1ccccc1)c1cccnc1. The third kappa shape index (κ3) is 5.16. The van der Waals surface area contributed by atoms with Crippen LogP contribution in [-0.4, -0.2) is 16.2 Å². The lowest BCUT2D eigenvalue weighted by Crippen LogP contribution is -2.01. The molecule has 2 unspecified atom stereocenters. The summed E-state index contributed by atoms with van der Waals surface area (Å²) in [6.45, 7) is 1.78. The molecule has 0 aliphatic heterocycles. The second-order valence-corrected chi connectivity index (χ2v) is 5.35. The van der Waals surface area contributed by atoms with E-state index in [1.807, 2.05) is 24.5 Å². The molecule has 1 heterocycles. The number of pyridine rings is 1. The van der Waals surface area contributed by atoms with Gasteiger partial charge in [0.1, 0.15) is 0 Å². The molecule has 1 aromatic carbocycles. The normalized spacial score (nSPS) is 14.2. The van der Waals surface area contributed by atoms with Gasteiger partial charge in [-0.05, 0) is 43.4 Å². The van der Waals surface area contributed by atoms with E-state index in [4.69, 9.17) is 0 Å². The Hall–Kier alpha value is -1.93. The van der Waals surface area contributed by atoms with Crippen LogP contribution in [0.5, 0.6) is 0 Å². The third-order valence-corrected chi connectivity index (χ3v) is 3.57. The lowest BCUT2D eigenvalue weighted by atomic mass is 9.88. The van der Waals surface area contributed by atoms with Gasteiger partial charge in [0.05, 0.1) is 6.10 Å².